The number of likely N-dealkylation sites (N-methyl/N-ethyl adjacent to an activating group) is 1. The van der Waals surface area contributed by atoms with E-state index in [0.717, 1.165) is 29.3 Å². The van der Waals surface area contributed by atoms with Crippen molar-refractivity contribution in [1.82, 2.24) is 9.58 Å². The Kier molecular flexibility index (Phi) is 11.4. The molecule has 3 heterocycles. The van der Waals surface area contributed by atoms with Crippen LogP contribution in [0.15, 0.2) is 33.7 Å². The second kappa shape index (κ2) is 13.7. The summed E-state index contributed by atoms with van der Waals surface area (Å²) in [5, 5.41) is 12.2. The number of carboxylic acid groups (broad SMARTS) is 1. The zero-order valence-corrected chi connectivity index (χ0v) is 28.3. The van der Waals surface area contributed by atoms with Crippen molar-refractivity contribution in [2.24, 2.45) is 5.73 Å². The van der Waals surface area contributed by atoms with E-state index < -0.39 is 17.7 Å². The van der Waals surface area contributed by atoms with Crippen molar-refractivity contribution in [3.8, 4) is 5.75 Å². The Bertz CT molecular complexity index is 1260. The van der Waals surface area contributed by atoms with Crippen LogP contribution in [0.2, 0.25) is 5.02 Å². The minimum Gasteiger partial charge on any atom is -0.477 e. The van der Waals surface area contributed by atoms with E-state index in [0.29, 0.717) is 33.0 Å². The minimum atomic E-state index is -1.24. The van der Waals surface area contributed by atoms with Gasteiger partial charge in [0.05, 0.1) is 16.6 Å². The van der Waals surface area contributed by atoms with E-state index >= 15 is 0 Å². The number of pyridine rings is 1. The van der Waals surface area contributed by atoms with Gasteiger partial charge in [0, 0.05) is 42.4 Å². The highest BCUT2D eigenvalue weighted by Gasteiger charge is 2.42. The Morgan fingerprint density at radius 2 is 2.02 bits per heavy atom. The highest BCUT2D eigenvalue weighted by Crippen LogP contribution is 2.45. The number of aromatic nitrogens is 1. The third-order valence-electron chi connectivity index (χ3n) is 7.81. The Labute approximate surface area is 263 Å². The monoisotopic (exact) mass is 752 g/mol. The Morgan fingerprint density at radius 1 is 1.35 bits per heavy atom. The summed E-state index contributed by atoms with van der Waals surface area (Å²) >= 11 is 12.0. The zero-order chi connectivity index (χ0) is 29.9. The number of benzene rings is 1. The SMILES string of the molecule is CC1C(N)CCN1C.CCC(OC)Oc1cc(C2CCC(C)(C)N2n2ccc(=O)c(C(=O)O)c2I)c(Br)cc1Cl. The van der Waals surface area contributed by atoms with Gasteiger partial charge in [-0.1, -0.05) is 34.5 Å². The van der Waals surface area contributed by atoms with E-state index in [1.807, 2.05) is 35.6 Å². The van der Waals surface area contributed by atoms with Crippen molar-refractivity contribution in [2.45, 2.75) is 83.3 Å². The van der Waals surface area contributed by atoms with Crippen molar-refractivity contribution in [1.29, 1.82) is 0 Å². The number of carboxylic acids is 1. The van der Waals surface area contributed by atoms with E-state index in [4.69, 9.17) is 26.8 Å². The standard InChI is InChI=1S/C22H25BrClIN2O5.C6H14N2/c1-5-18(31-4)32-17-10-12(13(23)11-14(17)24)15-6-8-22(2,3)27(15)26-9-7-16(28)19(20(26)25)21(29)30;1-5-6(7)3-4-8(5)2/h7,9-11,15,18H,5-6,8H2,1-4H3,(H,29,30);5-6H,3-4,7H2,1-2H3. The van der Waals surface area contributed by atoms with Crippen LogP contribution in [0.3, 0.4) is 0 Å². The van der Waals surface area contributed by atoms with Gasteiger partial charge >= 0.3 is 5.97 Å². The van der Waals surface area contributed by atoms with Crippen LogP contribution in [0.25, 0.3) is 0 Å². The number of aromatic carboxylic acids is 1. The molecule has 222 valence electrons. The maximum absolute atomic E-state index is 12.2. The number of hydrogen-bond acceptors (Lipinski definition) is 7. The van der Waals surface area contributed by atoms with Gasteiger partial charge in [0.15, 0.2) is 11.7 Å². The topological polar surface area (TPSA) is 110 Å². The van der Waals surface area contributed by atoms with Crippen molar-refractivity contribution >= 4 is 56.1 Å². The van der Waals surface area contributed by atoms with Crippen LogP contribution in [-0.4, -0.2) is 65.3 Å². The average Bonchev–Trinajstić information content (AvgIpc) is 3.36. The maximum atomic E-state index is 12.2. The smallest absolute Gasteiger partial charge is 0.342 e. The predicted molar refractivity (Wildman–Crippen MR) is 170 cm³/mol. The quantitative estimate of drug-likeness (QED) is 0.213. The molecule has 0 saturated carbocycles. The van der Waals surface area contributed by atoms with E-state index in [1.165, 1.54) is 12.6 Å². The highest BCUT2D eigenvalue weighted by molar-refractivity contribution is 14.1. The lowest BCUT2D eigenvalue weighted by Crippen LogP contribution is -2.49. The van der Waals surface area contributed by atoms with Gasteiger partial charge in [-0.3, -0.25) is 14.5 Å². The normalized spacial score (nSPS) is 23.1. The second-order valence-electron chi connectivity index (χ2n) is 10.9. The Morgan fingerprint density at radius 3 is 2.52 bits per heavy atom. The van der Waals surface area contributed by atoms with Crippen molar-refractivity contribution in [2.75, 3.05) is 25.7 Å². The Hall–Kier alpha value is -1.38. The van der Waals surface area contributed by atoms with E-state index in [9.17, 15) is 14.7 Å². The van der Waals surface area contributed by atoms with Gasteiger partial charge in [0.1, 0.15) is 15.0 Å². The number of ether oxygens (including phenoxy) is 2. The summed E-state index contributed by atoms with van der Waals surface area (Å²) in [6, 6.07) is 5.90. The largest absolute Gasteiger partial charge is 0.477 e. The number of methoxy groups -OCH3 is 1. The molecule has 4 atom stereocenters. The fourth-order valence-corrected chi connectivity index (χ4v) is 7.03. The van der Waals surface area contributed by atoms with Crippen molar-refractivity contribution < 1.29 is 19.4 Å². The molecule has 0 aliphatic carbocycles. The van der Waals surface area contributed by atoms with Crippen LogP contribution >= 0.6 is 50.1 Å². The number of likely N-dealkylation sites (tertiary alicyclic amines) is 1. The molecule has 9 nitrogen and oxygen atoms in total. The first-order chi connectivity index (χ1) is 18.7. The van der Waals surface area contributed by atoms with Gasteiger partial charge in [0.2, 0.25) is 0 Å². The molecule has 3 N–H and O–H groups in total. The summed E-state index contributed by atoms with van der Waals surface area (Å²) in [4.78, 5) is 26.2. The lowest BCUT2D eigenvalue weighted by Gasteiger charge is -2.40. The molecular weight excluding hydrogens is 715 g/mol. The van der Waals surface area contributed by atoms with Gasteiger partial charge in [-0.05, 0) is 93.9 Å². The lowest BCUT2D eigenvalue weighted by atomic mass is 10.0. The molecule has 4 rings (SSSR count). The highest BCUT2D eigenvalue weighted by atomic mass is 127. The van der Waals surface area contributed by atoms with Crippen LogP contribution in [0.1, 0.15) is 75.3 Å². The summed E-state index contributed by atoms with van der Waals surface area (Å²) in [6.45, 7) is 9.50. The first kappa shape index (κ1) is 33.1. The molecular formula is C28H39BrClIN4O5. The number of halogens is 3. The fourth-order valence-electron chi connectivity index (χ4n) is 5.20. The Balaban J connectivity index is 0.000000472. The summed E-state index contributed by atoms with van der Waals surface area (Å²) in [7, 11) is 3.71. The summed E-state index contributed by atoms with van der Waals surface area (Å²) < 4.78 is 14.3. The zero-order valence-electron chi connectivity index (χ0n) is 23.8. The lowest BCUT2D eigenvalue weighted by molar-refractivity contribution is -0.0548. The summed E-state index contributed by atoms with van der Waals surface area (Å²) in [5.74, 6) is -0.722. The first-order valence-electron chi connectivity index (χ1n) is 13.3. The molecule has 2 aliphatic rings. The molecule has 40 heavy (non-hydrogen) atoms. The molecule has 2 aliphatic heterocycles. The molecule has 1 aromatic heterocycles. The van der Waals surface area contributed by atoms with Crippen molar-refractivity contribution in [3.05, 3.63) is 58.9 Å². The van der Waals surface area contributed by atoms with Crippen LogP contribution in [0.4, 0.5) is 0 Å². The molecule has 4 unspecified atom stereocenters. The number of carbonyl (C=O) groups is 1. The maximum Gasteiger partial charge on any atom is 0.342 e. The van der Waals surface area contributed by atoms with Crippen LogP contribution in [-0.2, 0) is 4.74 Å². The molecule has 2 saturated heterocycles. The molecule has 2 fully saturated rings. The molecule has 0 spiro atoms. The van der Waals surface area contributed by atoms with Crippen molar-refractivity contribution in [3.63, 3.8) is 0 Å². The van der Waals surface area contributed by atoms with Gasteiger partial charge < -0.3 is 25.2 Å². The van der Waals surface area contributed by atoms with Crippen LogP contribution in [0, 0.1) is 3.70 Å². The number of hydrogen-bond donors (Lipinski definition) is 2. The van der Waals surface area contributed by atoms with E-state index in [-0.39, 0.29) is 17.1 Å². The molecule has 1 aromatic carbocycles. The molecule has 0 radical (unpaired) electrons. The summed E-state index contributed by atoms with van der Waals surface area (Å²) in [5.41, 5.74) is 5.63. The first-order valence-corrected chi connectivity index (χ1v) is 15.6. The summed E-state index contributed by atoms with van der Waals surface area (Å²) in [6.07, 6.45) is 4.72. The number of nitrogens with zero attached hydrogens (tertiary/aromatic N) is 3. The predicted octanol–water partition coefficient (Wildman–Crippen LogP) is 5.62. The third kappa shape index (κ3) is 7.15. The van der Waals surface area contributed by atoms with E-state index in [2.05, 4.69) is 53.7 Å². The van der Waals surface area contributed by atoms with Gasteiger partial charge in [-0.2, -0.15) is 0 Å². The fraction of sp³-hybridized carbons (Fsp3) is 0.571. The van der Waals surface area contributed by atoms with Gasteiger partial charge in [-0.15, -0.1) is 0 Å². The average molecular weight is 754 g/mol. The number of nitrogens with two attached hydrogens (primary N) is 1. The molecule has 2 aromatic rings. The van der Waals surface area contributed by atoms with Crippen LogP contribution in [0.5, 0.6) is 5.75 Å². The molecule has 0 amide bonds. The molecule has 12 heteroatoms. The second-order valence-corrected chi connectivity index (χ2v) is 13.2. The molecule has 0 bridgehead atoms. The van der Waals surface area contributed by atoms with Gasteiger partial charge in [-0.25, -0.2) is 4.79 Å². The minimum absolute atomic E-state index is 0.112. The number of rotatable bonds is 7. The van der Waals surface area contributed by atoms with E-state index in [1.54, 1.807) is 24.0 Å². The third-order valence-corrected chi connectivity index (χ3v) is 9.82. The van der Waals surface area contributed by atoms with Crippen LogP contribution < -0.4 is 20.9 Å². The van der Waals surface area contributed by atoms with Gasteiger partial charge in [0.25, 0.3) is 0 Å².